The summed E-state index contributed by atoms with van der Waals surface area (Å²) in [5.41, 5.74) is 4.34. The zero-order valence-electron chi connectivity index (χ0n) is 10.2. The fourth-order valence-electron chi connectivity index (χ4n) is 2.70. The summed E-state index contributed by atoms with van der Waals surface area (Å²) in [5, 5.41) is 0. The van der Waals surface area contributed by atoms with Crippen LogP contribution in [0.1, 0.15) is 34.6 Å². The highest BCUT2D eigenvalue weighted by atomic mass is 79.9. The monoisotopic (exact) mass is 303 g/mol. The Kier molecular flexibility index (Phi) is 2.86. The molecule has 0 amide bonds. The molecule has 0 radical (unpaired) electrons. The number of ketones is 1. The van der Waals surface area contributed by atoms with Gasteiger partial charge in [-0.3, -0.25) is 4.79 Å². The highest BCUT2D eigenvalue weighted by Crippen LogP contribution is 2.28. The number of rotatable bonds is 1. The molecule has 92 valence electrons. The second kappa shape index (κ2) is 4.39. The molecule has 1 aliphatic carbocycles. The lowest BCUT2D eigenvalue weighted by molar-refractivity contribution is 0.0972. The molecule has 0 fully saturated rings. The van der Waals surface area contributed by atoms with Crippen molar-refractivity contribution < 1.29 is 4.79 Å². The molecule has 0 spiro atoms. The number of benzene rings is 1. The van der Waals surface area contributed by atoms with Crippen LogP contribution in [0.2, 0.25) is 0 Å². The second-order valence-electron chi connectivity index (χ2n) is 4.74. The molecule has 1 heterocycles. The number of fused-ring (bicyclic) bond motifs is 1. The first-order valence-electron chi connectivity index (χ1n) is 6.17. The summed E-state index contributed by atoms with van der Waals surface area (Å²) >= 11 is 3.50. The van der Waals surface area contributed by atoms with Gasteiger partial charge in [-0.15, -0.1) is 0 Å². The van der Waals surface area contributed by atoms with Crippen molar-refractivity contribution in [1.82, 2.24) is 4.57 Å². The van der Waals surface area contributed by atoms with Crippen molar-refractivity contribution in [3.63, 3.8) is 0 Å². The van der Waals surface area contributed by atoms with Crippen molar-refractivity contribution in [3.8, 4) is 5.69 Å². The van der Waals surface area contributed by atoms with Crippen molar-refractivity contribution in [1.29, 1.82) is 0 Å². The van der Waals surface area contributed by atoms with E-state index in [2.05, 4.69) is 39.6 Å². The van der Waals surface area contributed by atoms with Crippen LogP contribution in [0.5, 0.6) is 0 Å². The van der Waals surface area contributed by atoms with Gasteiger partial charge in [-0.1, -0.05) is 22.0 Å². The molecule has 1 aliphatic rings. The van der Waals surface area contributed by atoms with Gasteiger partial charge in [-0.2, -0.15) is 0 Å². The average molecular weight is 304 g/mol. The van der Waals surface area contributed by atoms with Gasteiger partial charge in [0, 0.05) is 33.5 Å². The first kappa shape index (κ1) is 11.7. The van der Waals surface area contributed by atoms with E-state index in [1.54, 1.807) is 0 Å². The lowest BCUT2D eigenvalue weighted by Crippen LogP contribution is -2.12. The highest BCUT2D eigenvalue weighted by molar-refractivity contribution is 9.10. The van der Waals surface area contributed by atoms with Gasteiger partial charge in [0.1, 0.15) is 0 Å². The number of Topliss-reactive ketones (excluding diaryl/α,β-unsaturated/α-hetero) is 1. The predicted octanol–water partition coefficient (Wildman–Crippen LogP) is 4.07. The smallest absolute Gasteiger partial charge is 0.164 e. The van der Waals surface area contributed by atoms with Crippen molar-refractivity contribution >= 4 is 21.7 Å². The topological polar surface area (TPSA) is 22.0 Å². The molecule has 0 aliphatic heterocycles. The molecule has 1 aromatic heterocycles. The fraction of sp³-hybridized carbons (Fsp3) is 0.267. The van der Waals surface area contributed by atoms with Crippen LogP contribution in [0, 0.1) is 6.92 Å². The lowest BCUT2D eigenvalue weighted by atomic mass is 9.96. The third kappa shape index (κ3) is 1.83. The second-order valence-corrected chi connectivity index (χ2v) is 5.65. The predicted molar refractivity (Wildman–Crippen MR) is 75.5 cm³/mol. The maximum Gasteiger partial charge on any atom is 0.164 e. The van der Waals surface area contributed by atoms with E-state index >= 15 is 0 Å². The van der Waals surface area contributed by atoms with Gasteiger partial charge in [0.15, 0.2) is 5.78 Å². The molecule has 2 nitrogen and oxygen atoms in total. The van der Waals surface area contributed by atoms with Crippen LogP contribution in [0.25, 0.3) is 5.69 Å². The van der Waals surface area contributed by atoms with Gasteiger partial charge in [-0.05, 0) is 44.0 Å². The maximum absolute atomic E-state index is 11.9. The van der Waals surface area contributed by atoms with Crippen LogP contribution in [0.3, 0.4) is 0 Å². The van der Waals surface area contributed by atoms with Gasteiger partial charge in [0.2, 0.25) is 0 Å². The number of hydrogen-bond acceptors (Lipinski definition) is 1. The molecule has 0 bridgehead atoms. The average Bonchev–Trinajstić information content (AvgIpc) is 2.67. The van der Waals surface area contributed by atoms with Crippen LogP contribution >= 0.6 is 15.9 Å². The van der Waals surface area contributed by atoms with Crippen LogP contribution in [0.15, 0.2) is 34.8 Å². The maximum atomic E-state index is 11.9. The van der Waals surface area contributed by atoms with E-state index in [1.165, 1.54) is 5.69 Å². The minimum absolute atomic E-state index is 0.285. The SMILES string of the molecule is Cc1cc2c(n1-c1cccc(Br)c1)CCCC2=O. The Morgan fingerprint density at radius 2 is 2.06 bits per heavy atom. The quantitative estimate of drug-likeness (QED) is 0.778. The van der Waals surface area contributed by atoms with Crippen LogP contribution in [0.4, 0.5) is 0 Å². The minimum Gasteiger partial charge on any atom is -0.317 e. The molecular formula is C15H14BrNO. The Bertz CT molecular complexity index is 627. The van der Waals surface area contributed by atoms with Crippen LogP contribution in [-0.2, 0) is 6.42 Å². The lowest BCUT2D eigenvalue weighted by Gasteiger charge is -2.16. The molecule has 1 aromatic carbocycles. The Balaban J connectivity index is 2.21. The van der Waals surface area contributed by atoms with E-state index in [0.29, 0.717) is 6.42 Å². The first-order chi connectivity index (χ1) is 8.66. The Morgan fingerprint density at radius 3 is 2.83 bits per heavy atom. The van der Waals surface area contributed by atoms with Gasteiger partial charge in [0.25, 0.3) is 0 Å². The van der Waals surface area contributed by atoms with Crippen molar-refractivity contribution in [2.24, 2.45) is 0 Å². The van der Waals surface area contributed by atoms with Gasteiger partial charge in [-0.25, -0.2) is 0 Å². The largest absolute Gasteiger partial charge is 0.317 e. The van der Waals surface area contributed by atoms with Gasteiger partial charge in [0.05, 0.1) is 0 Å². The van der Waals surface area contributed by atoms with Crippen molar-refractivity contribution in [2.45, 2.75) is 26.2 Å². The molecule has 2 aromatic rings. The van der Waals surface area contributed by atoms with E-state index < -0.39 is 0 Å². The zero-order chi connectivity index (χ0) is 12.7. The molecule has 0 unspecified atom stereocenters. The molecule has 0 atom stereocenters. The summed E-state index contributed by atoms with van der Waals surface area (Å²) in [5.74, 6) is 0.285. The third-order valence-electron chi connectivity index (χ3n) is 3.47. The third-order valence-corrected chi connectivity index (χ3v) is 3.96. The van der Waals surface area contributed by atoms with E-state index in [9.17, 15) is 4.79 Å². The number of carbonyl (C=O) groups excluding carboxylic acids is 1. The standard InChI is InChI=1S/C15H14BrNO/c1-10-8-13-14(6-3-7-15(13)18)17(10)12-5-2-4-11(16)9-12/h2,4-5,8-9H,3,6-7H2,1H3. The molecule has 3 rings (SSSR count). The molecular weight excluding hydrogens is 290 g/mol. The Morgan fingerprint density at radius 1 is 1.22 bits per heavy atom. The summed E-state index contributed by atoms with van der Waals surface area (Å²) in [6.45, 7) is 2.06. The summed E-state index contributed by atoms with van der Waals surface area (Å²) in [7, 11) is 0. The number of nitrogens with zero attached hydrogens (tertiary/aromatic N) is 1. The van der Waals surface area contributed by atoms with E-state index in [4.69, 9.17) is 0 Å². The summed E-state index contributed by atoms with van der Waals surface area (Å²) in [6, 6.07) is 10.2. The van der Waals surface area contributed by atoms with Crippen molar-refractivity contribution in [3.05, 3.63) is 51.8 Å². The molecule has 0 N–H and O–H groups in total. The molecule has 0 saturated carbocycles. The van der Waals surface area contributed by atoms with E-state index in [0.717, 1.165) is 34.3 Å². The van der Waals surface area contributed by atoms with Crippen LogP contribution < -0.4 is 0 Å². The minimum atomic E-state index is 0.285. The number of carbonyl (C=O) groups is 1. The van der Waals surface area contributed by atoms with Crippen LogP contribution in [-0.4, -0.2) is 10.4 Å². The number of aryl methyl sites for hydroxylation is 1. The van der Waals surface area contributed by atoms with Gasteiger partial charge < -0.3 is 4.57 Å². The Hall–Kier alpha value is -1.35. The number of halogens is 1. The van der Waals surface area contributed by atoms with Crippen molar-refractivity contribution in [2.75, 3.05) is 0 Å². The molecule has 3 heteroatoms. The summed E-state index contributed by atoms with van der Waals surface area (Å²) in [4.78, 5) is 11.9. The zero-order valence-corrected chi connectivity index (χ0v) is 11.8. The van der Waals surface area contributed by atoms with Gasteiger partial charge >= 0.3 is 0 Å². The highest BCUT2D eigenvalue weighted by Gasteiger charge is 2.23. The number of hydrogen-bond donors (Lipinski definition) is 0. The van der Waals surface area contributed by atoms with E-state index in [-0.39, 0.29) is 5.78 Å². The Labute approximate surface area is 115 Å². The van der Waals surface area contributed by atoms with E-state index in [1.807, 2.05) is 18.2 Å². The summed E-state index contributed by atoms with van der Waals surface area (Å²) < 4.78 is 3.26. The molecule has 0 saturated heterocycles. The normalized spacial score (nSPS) is 14.7. The summed E-state index contributed by atoms with van der Waals surface area (Å²) in [6.07, 6.45) is 2.64. The molecule has 18 heavy (non-hydrogen) atoms. The first-order valence-corrected chi connectivity index (χ1v) is 6.96. The number of aromatic nitrogens is 1. The fourth-order valence-corrected chi connectivity index (χ4v) is 3.09.